The highest BCUT2D eigenvalue weighted by molar-refractivity contribution is 5.95. The minimum absolute atomic E-state index is 0.00360. The first-order valence-electron chi connectivity index (χ1n) is 11.1. The number of esters is 1. The molecule has 0 saturated carbocycles. The lowest BCUT2D eigenvalue weighted by atomic mass is 10.0. The van der Waals surface area contributed by atoms with Crippen molar-refractivity contribution in [2.24, 2.45) is 11.7 Å². The SMILES string of the molecule is CC(=O)O.CCOC(=O)CC(NC(=O)CN1CCN(c2ccc(C(=N)N)cc2)CC1=O)C(C)C. The summed E-state index contributed by atoms with van der Waals surface area (Å²) in [5, 5.41) is 17.7. The van der Waals surface area contributed by atoms with E-state index in [-0.39, 0.29) is 55.1 Å². The number of carboxylic acids is 1. The van der Waals surface area contributed by atoms with Crippen molar-refractivity contribution < 1.29 is 29.0 Å². The smallest absolute Gasteiger partial charge is 0.307 e. The molecule has 11 heteroatoms. The molecule has 1 aliphatic heterocycles. The summed E-state index contributed by atoms with van der Waals surface area (Å²) < 4.78 is 4.97. The predicted octanol–water partition coefficient (Wildman–Crippen LogP) is 0.804. The summed E-state index contributed by atoms with van der Waals surface area (Å²) in [7, 11) is 0. The summed E-state index contributed by atoms with van der Waals surface area (Å²) in [4.78, 5) is 49.2. The van der Waals surface area contributed by atoms with Gasteiger partial charge < -0.3 is 30.7 Å². The normalized spacial score (nSPS) is 14.1. The van der Waals surface area contributed by atoms with Gasteiger partial charge in [0, 0.05) is 37.3 Å². The number of amides is 2. The summed E-state index contributed by atoms with van der Waals surface area (Å²) in [5.74, 6) is -1.55. The summed E-state index contributed by atoms with van der Waals surface area (Å²) >= 11 is 0. The number of nitrogen functional groups attached to an aromatic ring is 1. The van der Waals surface area contributed by atoms with Gasteiger partial charge in [-0.15, -0.1) is 0 Å². The van der Waals surface area contributed by atoms with Crippen molar-refractivity contribution in [3.05, 3.63) is 29.8 Å². The molecule has 0 spiro atoms. The highest BCUT2D eigenvalue weighted by Crippen LogP contribution is 2.18. The molecule has 1 aromatic rings. The highest BCUT2D eigenvalue weighted by atomic mass is 16.5. The van der Waals surface area contributed by atoms with Crippen LogP contribution < -0.4 is 16.0 Å². The maximum atomic E-state index is 12.5. The van der Waals surface area contributed by atoms with Crippen LogP contribution in [0, 0.1) is 11.3 Å². The van der Waals surface area contributed by atoms with E-state index >= 15 is 0 Å². The van der Waals surface area contributed by atoms with Crippen LogP contribution in [0.25, 0.3) is 0 Å². The lowest BCUT2D eigenvalue weighted by Gasteiger charge is -2.35. The monoisotopic (exact) mass is 477 g/mol. The Morgan fingerprint density at radius 1 is 1.21 bits per heavy atom. The first-order chi connectivity index (χ1) is 15.9. The molecule has 2 amide bonds. The second-order valence-corrected chi connectivity index (χ2v) is 8.14. The Hall–Kier alpha value is -3.63. The molecule has 11 nitrogen and oxygen atoms in total. The average Bonchev–Trinajstić information content (AvgIpc) is 2.74. The molecule has 1 saturated heterocycles. The number of nitrogens with one attached hydrogen (secondary N) is 2. The number of hydrogen-bond donors (Lipinski definition) is 4. The van der Waals surface area contributed by atoms with Crippen LogP contribution in [-0.4, -0.2) is 78.4 Å². The van der Waals surface area contributed by atoms with Crippen molar-refractivity contribution in [1.82, 2.24) is 10.2 Å². The number of carbonyl (C=O) groups is 4. The number of aliphatic carboxylic acids is 1. The topological polar surface area (TPSA) is 166 Å². The van der Waals surface area contributed by atoms with E-state index in [4.69, 9.17) is 25.8 Å². The van der Waals surface area contributed by atoms with E-state index in [2.05, 4.69) is 5.32 Å². The number of piperazine rings is 1. The summed E-state index contributed by atoms with van der Waals surface area (Å²) in [5.41, 5.74) is 6.96. The number of nitrogens with zero attached hydrogens (tertiary/aromatic N) is 2. The number of rotatable bonds is 9. The van der Waals surface area contributed by atoms with Gasteiger partial charge in [0.05, 0.1) is 26.1 Å². The Labute approximate surface area is 199 Å². The molecule has 1 atom stereocenters. The van der Waals surface area contributed by atoms with Crippen LogP contribution in [0.3, 0.4) is 0 Å². The molecule has 0 aromatic heterocycles. The van der Waals surface area contributed by atoms with Crippen LogP contribution in [0.4, 0.5) is 5.69 Å². The van der Waals surface area contributed by atoms with Crippen molar-refractivity contribution in [2.45, 2.75) is 40.2 Å². The maximum absolute atomic E-state index is 12.5. The standard InChI is InChI=1S/C21H31N5O4.C2H4O2/c1-4-30-20(29)11-17(14(2)3)24-18(27)12-26-10-9-25(13-19(26)28)16-7-5-15(6-8-16)21(22)23;1-2(3)4/h5-8,14,17H,4,9-13H2,1-3H3,(H3,22,23)(H,24,27);1H3,(H,3,4). The second kappa shape index (κ2) is 13.8. The van der Waals surface area contributed by atoms with Gasteiger partial charge in [0.25, 0.3) is 5.97 Å². The number of ether oxygens (including phenoxy) is 1. The predicted molar refractivity (Wildman–Crippen MR) is 128 cm³/mol. The van der Waals surface area contributed by atoms with Gasteiger partial charge >= 0.3 is 5.97 Å². The maximum Gasteiger partial charge on any atom is 0.307 e. The molecule has 0 bridgehead atoms. The third kappa shape index (κ3) is 9.88. The summed E-state index contributed by atoms with van der Waals surface area (Å²) in [6.45, 7) is 8.11. The molecule has 2 rings (SSSR count). The molecular weight excluding hydrogens is 442 g/mol. The van der Waals surface area contributed by atoms with Crippen molar-refractivity contribution in [3.63, 3.8) is 0 Å². The fourth-order valence-electron chi connectivity index (χ4n) is 3.23. The van der Waals surface area contributed by atoms with Crippen molar-refractivity contribution in [3.8, 4) is 0 Å². The first-order valence-corrected chi connectivity index (χ1v) is 11.1. The Balaban J connectivity index is 0.00000133. The third-order valence-corrected chi connectivity index (χ3v) is 5.04. The van der Waals surface area contributed by atoms with Crippen molar-refractivity contribution in [2.75, 3.05) is 37.7 Å². The number of amidine groups is 1. The number of hydrogen-bond acceptors (Lipinski definition) is 7. The van der Waals surface area contributed by atoms with Crippen LogP contribution in [0.2, 0.25) is 0 Å². The van der Waals surface area contributed by atoms with Crippen LogP contribution >= 0.6 is 0 Å². The molecule has 0 aliphatic carbocycles. The molecule has 188 valence electrons. The van der Waals surface area contributed by atoms with Crippen molar-refractivity contribution >= 4 is 35.3 Å². The van der Waals surface area contributed by atoms with E-state index in [0.29, 0.717) is 25.3 Å². The Morgan fingerprint density at radius 2 is 1.79 bits per heavy atom. The van der Waals surface area contributed by atoms with Crippen LogP contribution in [0.1, 0.15) is 39.7 Å². The zero-order chi connectivity index (χ0) is 25.8. The molecule has 1 aromatic carbocycles. The van der Waals surface area contributed by atoms with Crippen LogP contribution in [0.15, 0.2) is 24.3 Å². The zero-order valence-electron chi connectivity index (χ0n) is 20.2. The molecular formula is C23H35N5O6. The number of nitrogens with two attached hydrogens (primary N) is 1. The largest absolute Gasteiger partial charge is 0.481 e. The lowest BCUT2D eigenvalue weighted by molar-refractivity contribution is -0.144. The second-order valence-electron chi connectivity index (χ2n) is 8.14. The van der Waals surface area contributed by atoms with Crippen LogP contribution in [-0.2, 0) is 23.9 Å². The Kier molecular flexibility index (Phi) is 11.5. The quantitative estimate of drug-likeness (QED) is 0.230. The van der Waals surface area contributed by atoms with Gasteiger partial charge in [-0.2, -0.15) is 0 Å². The highest BCUT2D eigenvalue weighted by Gasteiger charge is 2.27. The number of carboxylic acid groups (broad SMARTS) is 1. The fourth-order valence-corrected chi connectivity index (χ4v) is 3.23. The molecule has 1 unspecified atom stereocenters. The van der Waals surface area contributed by atoms with Gasteiger partial charge in [0.15, 0.2) is 0 Å². The average molecular weight is 478 g/mol. The number of anilines is 1. The van der Waals surface area contributed by atoms with Crippen LogP contribution in [0.5, 0.6) is 0 Å². The van der Waals surface area contributed by atoms with E-state index in [1.165, 1.54) is 4.90 Å². The van der Waals surface area contributed by atoms with E-state index in [9.17, 15) is 14.4 Å². The molecule has 1 fully saturated rings. The van der Waals surface area contributed by atoms with E-state index < -0.39 is 5.97 Å². The van der Waals surface area contributed by atoms with Gasteiger partial charge in [0.1, 0.15) is 5.84 Å². The number of benzene rings is 1. The Morgan fingerprint density at radius 3 is 2.26 bits per heavy atom. The molecule has 0 radical (unpaired) electrons. The molecule has 34 heavy (non-hydrogen) atoms. The lowest BCUT2D eigenvalue weighted by Crippen LogP contribution is -2.54. The molecule has 5 N–H and O–H groups in total. The van der Waals surface area contributed by atoms with Gasteiger partial charge in [-0.05, 0) is 37.1 Å². The van der Waals surface area contributed by atoms with E-state index in [0.717, 1.165) is 12.6 Å². The van der Waals surface area contributed by atoms with E-state index in [1.807, 2.05) is 30.9 Å². The summed E-state index contributed by atoms with van der Waals surface area (Å²) in [6.07, 6.45) is 0.106. The van der Waals surface area contributed by atoms with Crippen molar-refractivity contribution in [1.29, 1.82) is 5.41 Å². The third-order valence-electron chi connectivity index (χ3n) is 5.04. The Bertz CT molecular complexity index is 867. The number of carbonyl (C=O) groups excluding carboxylic acids is 3. The van der Waals surface area contributed by atoms with Gasteiger partial charge in [-0.1, -0.05) is 13.8 Å². The minimum atomic E-state index is -0.833. The van der Waals surface area contributed by atoms with E-state index in [1.54, 1.807) is 19.1 Å². The fraction of sp³-hybridized carbons (Fsp3) is 0.522. The van der Waals surface area contributed by atoms with Gasteiger partial charge in [0.2, 0.25) is 11.8 Å². The molecule has 1 heterocycles. The molecule has 1 aliphatic rings. The summed E-state index contributed by atoms with van der Waals surface area (Å²) in [6, 6.07) is 6.81. The minimum Gasteiger partial charge on any atom is -0.481 e. The first kappa shape index (κ1) is 28.4. The van der Waals surface area contributed by atoms with Gasteiger partial charge in [-0.25, -0.2) is 0 Å². The zero-order valence-corrected chi connectivity index (χ0v) is 20.2. The van der Waals surface area contributed by atoms with Gasteiger partial charge in [-0.3, -0.25) is 24.6 Å².